The zero-order valence-electron chi connectivity index (χ0n) is 17.6. The second-order valence-corrected chi connectivity index (χ2v) is 7.37. The lowest BCUT2D eigenvalue weighted by molar-refractivity contribution is -0.120. The minimum Gasteiger partial charge on any atom is -0.494 e. The molecule has 0 radical (unpaired) electrons. The lowest BCUT2D eigenvalue weighted by Crippen LogP contribution is -2.31. The molecule has 0 atom stereocenters. The maximum absolute atomic E-state index is 12.6. The molecular formula is C23H26N4O3. The molecule has 0 saturated carbocycles. The highest BCUT2D eigenvalue weighted by Crippen LogP contribution is 2.23. The molecule has 1 aromatic heterocycles. The van der Waals surface area contributed by atoms with Crippen LogP contribution in [0.3, 0.4) is 0 Å². The van der Waals surface area contributed by atoms with Crippen LogP contribution < -0.4 is 15.4 Å². The van der Waals surface area contributed by atoms with Gasteiger partial charge in [0.2, 0.25) is 5.91 Å². The lowest BCUT2D eigenvalue weighted by Gasteiger charge is -2.09. The van der Waals surface area contributed by atoms with Gasteiger partial charge in [-0.05, 0) is 62.2 Å². The van der Waals surface area contributed by atoms with Gasteiger partial charge in [-0.25, -0.2) is 4.68 Å². The Bertz CT molecular complexity index is 1040. The van der Waals surface area contributed by atoms with E-state index in [0.717, 1.165) is 16.8 Å². The van der Waals surface area contributed by atoms with Gasteiger partial charge >= 0.3 is 0 Å². The molecule has 3 rings (SSSR count). The first kappa shape index (κ1) is 21.1. The fraction of sp³-hybridized carbons (Fsp3) is 0.261. The predicted molar refractivity (Wildman–Crippen MR) is 116 cm³/mol. The molecule has 2 amide bonds. The maximum atomic E-state index is 12.6. The fourth-order valence-corrected chi connectivity index (χ4v) is 3.02. The quantitative estimate of drug-likeness (QED) is 0.629. The summed E-state index contributed by atoms with van der Waals surface area (Å²) in [5, 5.41) is 10.1. The molecule has 0 bridgehead atoms. The first-order valence-corrected chi connectivity index (χ1v) is 9.76. The Morgan fingerprint density at radius 2 is 1.83 bits per heavy atom. The number of carbonyl (C=O) groups is 2. The molecular weight excluding hydrogens is 380 g/mol. The van der Waals surface area contributed by atoms with E-state index in [-0.39, 0.29) is 17.9 Å². The molecule has 0 unspecified atom stereocenters. The van der Waals surface area contributed by atoms with Crippen molar-refractivity contribution in [2.75, 3.05) is 12.4 Å². The summed E-state index contributed by atoms with van der Waals surface area (Å²) in [6, 6.07) is 14.7. The minimum atomic E-state index is -0.314. The zero-order chi connectivity index (χ0) is 21.7. The Morgan fingerprint density at radius 1 is 1.10 bits per heavy atom. The number of aromatic nitrogens is 2. The number of aryl methyl sites for hydroxylation is 1. The summed E-state index contributed by atoms with van der Waals surface area (Å²) in [5.74, 6) is 0.331. The molecule has 0 fully saturated rings. The number of rotatable bonds is 7. The number of ether oxygens (including phenoxy) is 1. The Hall–Kier alpha value is -3.61. The van der Waals surface area contributed by atoms with Crippen molar-refractivity contribution in [2.24, 2.45) is 0 Å². The van der Waals surface area contributed by atoms with Gasteiger partial charge in [-0.15, -0.1) is 0 Å². The van der Waals surface area contributed by atoms with E-state index in [1.165, 1.54) is 0 Å². The molecule has 7 heteroatoms. The smallest absolute Gasteiger partial charge is 0.276 e. The monoisotopic (exact) mass is 406 g/mol. The van der Waals surface area contributed by atoms with Gasteiger partial charge in [0.1, 0.15) is 11.4 Å². The number of methoxy groups -OCH3 is 1. The molecule has 7 nitrogen and oxygen atoms in total. The first-order chi connectivity index (χ1) is 14.4. The molecule has 156 valence electrons. The Labute approximate surface area is 176 Å². The normalized spacial score (nSPS) is 10.7. The first-order valence-electron chi connectivity index (χ1n) is 9.76. The van der Waals surface area contributed by atoms with Crippen LogP contribution in [0, 0.1) is 6.92 Å². The predicted octanol–water partition coefficient (Wildman–Crippen LogP) is 3.51. The van der Waals surface area contributed by atoms with Gasteiger partial charge < -0.3 is 15.4 Å². The average Bonchev–Trinajstić information content (AvgIpc) is 3.19. The Kier molecular flexibility index (Phi) is 6.51. The number of nitrogens with zero attached hydrogens (tertiary/aromatic N) is 2. The molecule has 2 N–H and O–H groups in total. The third kappa shape index (κ3) is 5.26. The molecule has 0 saturated heterocycles. The third-order valence-corrected chi connectivity index (χ3v) is 4.43. The van der Waals surface area contributed by atoms with E-state index in [2.05, 4.69) is 15.7 Å². The van der Waals surface area contributed by atoms with Gasteiger partial charge in [-0.3, -0.25) is 9.59 Å². The second kappa shape index (κ2) is 9.26. The van der Waals surface area contributed by atoms with Gasteiger partial charge in [0, 0.05) is 17.9 Å². The molecule has 0 aliphatic rings. The molecule has 2 aromatic carbocycles. The van der Waals surface area contributed by atoms with Crippen LogP contribution >= 0.6 is 0 Å². The van der Waals surface area contributed by atoms with E-state index in [9.17, 15) is 9.59 Å². The second-order valence-electron chi connectivity index (χ2n) is 7.37. The SMILES string of the molecule is COc1ccc(C)cc1-n1ccc(C(=O)Nc2ccc(CC(=O)NC(C)C)cc2)n1. The number of carbonyl (C=O) groups excluding carboxylic acids is 2. The summed E-state index contributed by atoms with van der Waals surface area (Å²) in [7, 11) is 1.60. The highest BCUT2D eigenvalue weighted by Gasteiger charge is 2.13. The summed E-state index contributed by atoms with van der Waals surface area (Å²) in [5.41, 5.74) is 3.63. The summed E-state index contributed by atoms with van der Waals surface area (Å²) in [6.45, 7) is 5.83. The van der Waals surface area contributed by atoms with Gasteiger partial charge in [0.05, 0.1) is 13.5 Å². The highest BCUT2D eigenvalue weighted by molar-refractivity contribution is 6.02. The number of nitrogens with one attached hydrogen (secondary N) is 2. The van der Waals surface area contributed by atoms with Crippen LogP contribution in [0.2, 0.25) is 0 Å². The maximum Gasteiger partial charge on any atom is 0.276 e. The van der Waals surface area contributed by atoms with E-state index < -0.39 is 0 Å². The standard InChI is InChI=1S/C23H26N4O3/c1-15(2)24-22(28)14-17-6-8-18(9-7-17)25-23(29)19-11-12-27(26-19)20-13-16(3)5-10-21(20)30-4/h5-13,15H,14H2,1-4H3,(H,24,28)(H,25,29). The summed E-state index contributed by atoms with van der Waals surface area (Å²) < 4.78 is 7.01. The van der Waals surface area contributed by atoms with Crippen molar-refractivity contribution in [3.8, 4) is 11.4 Å². The van der Waals surface area contributed by atoms with Crippen LogP contribution in [0.5, 0.6) is 5.75 Å². The van der Waals surface area contributed by atoms with Crippen LogP contribution in [-0.4, -0.2) is 34.7 Å². The largest absolute Gasteiger partial charge is 0.494 e. The average molecular weight is 406 g/mol. The van der Waals surface area contributed by atoms with Gasteiger partial charge in [0.25, 0.3) is 5.91 Å². The summed E-state index contributed by atoms with van der Waals surface area (Å²) >= 11 is 0. The van der Waals surface area contributed by atoms with Crippen LogP contribution in [0.25, 0.3) is 5.69 Å². The number of hydrogen-bond acceptors (Lipinski definition) is 4. The van der Waals surface area contributed by atoms with Gasteiger partial charge in [-0.1, -0.05) is 18.2 Å². The Balaban J connectivity index is 1.67. The van der Waals surface area contributed by atoms with E-state index in [0.29, 0.717) is 23.6 Å². The number of hydrogen-bond donors (Lipinski definition) is 2. The van der Waals surface area contributed by atoms with E-state index in [1.54, 1.807) is 36.2 Å². The van der Waals surface area contributed by atoms with Gasteiger partial charge in [-0.2, -0.15) is 5.10 Å². The van der Waals surface area contributed by atoms with Crippen LogP contribution in [0.4, 0.5) is 5.69 Å². The van der Waals surface area contributed by atoms with E-state index in [1.807, 2.05) is 51.1 Å². The highest BCUT2D eigenvalue weighted by atomic mass is 16.5. The van der Waals surface area contributed by atoms with Crippen LogP contribution in [0.1, 0.15) is 35.5 Å². The molecule has 30 heavy (non-hydrogen) atoms. The number of anilines is 1. The number of benzene rings is 2. The summed E-state index contributed by atoms with van der Waals surface area (Å²) in [4.78, 5) is 24.4. The molecule has 0 aliphatic carbocycles. The fourth-order valence-electron chi connectivity index (χ4n) is 3.02. The molecule has 0 aliphatic heterocycles. The number of amides is 2. The molecule has 1 heterocycles. The van der Waals surface area contributed by atoms with Crippen LogP contribution in [-0.2, 0) is 11.2 Å². The minimum absolute atomic E-state index is 0.0288. The Morgan fingerprint density at radius 3 is 2.50 bits per heavy atom. The molecule has 0 spiro atoms. The van der Waals surface area contributed by atoms with Crippen molar-refractivity contribution in [3.05, 3.63) is 71.5 Å². The van der Waals surface area contributed by atoms with Crippen molar-refractivity contribution in [3.63, 3.8) is 0 Å². The third-order valence-electron chi connectivity index (χ3n) is 4.43. The lowest BCUT2D eigenvalue weighted by atomic mass is 10.1. The summed E-state index contributed by atoms with van der Waals surface area (Å²) in [6.07, 6.45) is 2.03. The zero-order valence-corrected chi connectivity index (χ0v) is 17.6. The van der Waals surface area contributed by atoms with Crippen molar-refractivity contribution in [1.82, 2.24) is 15.1 Å². The van der Waals surface area contributed by atoms with Gasteiger partial charge in [0.15, 0.2) is 5.69 Å². The van der Waals surface area contributed by atoms with Crippen LogP contribution in [0.15, 0.2) is 54.7 Å². The van der Waals surface area contributed by atoms with Crippen molar-refractivity contribution >= 4 is 17.5 Å². The van der Waals surface area contributed by atoms with Crippen molar-refractivity contribution in [1.29, 1.82) is 0 Å². The topological polar surface area (TPSA) is 85.2 Å². The van der Waals surface area contributed by atoms with E-state index in [4.69, 9.17) is 4.74 Å². The van der Waals surface area contributed by atoms with Crippen molar-refractivity contribution in [2.45, 2.75) is 33.2 Å². The van der Waals surface area contributed by atoms with Crippen molar-refractivity contribution < 1.29 is 14.3 Å². The molecule has 3 aromatic rings. The van der Waals surface area contributed by atoms with E-state index >= 15 is 0 Å².